The average Bonchev–Trinajstić information content (AvgIpc) is 1.04. The van der Waals surface area contributed by atoms with Gasteiger partial charge in [0.15, 0.2) is 0 Å². The second kappa shape index (κ2) is 26.1. The largest absolute Gasteiger partial charge is 0.496 e. The number of halogens is 1. The molecule has 1 fully saturated rings. The quantitative estimate of drug-likeness (QED) is 0.123. The molecule has 0 atom stereocenters. The summed E-state index contributed by atoms with van der Waals surface area (Å²) in [7, 11) is -0.384. The number of hydrogen-bond acceptors (Lipinski definition) is 4. The van der Waals surface area contributed by atoms with Crippen molar-refractivity contribution < 1.29 is 9.31 Å². The molecule has 23 rings (SSSR count). The van der Waals surface area contributed by atoms with Gasteiger partial charge < -0.3 is 18.4 Å². The molecule has 5 heterocycles. The van der Waals surface area contributed by atoms with Crippen LogP contribution < -0.4 is 5.46 Å². The minimum absolute atomic E-state index is 0.375. The number of thiophene rings is 2. The molecule has 0 aliphatic carbocycles. The Morgan fingerprint density at radius 1 is 0.245 bits per heavy atom. The van der Waals surface area contributed by atoms with Crippen LogP contribution in [0.4, 0.5) is 0 Å². The molecule has 1 aliphatic rings. The van der Waals surface area contributed by atoms with E-state index in [1.54, 1.807) is 0 Å². The lowest BCUT2D eigenvalue weighted by molar-refractivity contribution is 0.00578. The second-order valence-corrected chi connectivity index (χ2v) is 33.0. The fourth-order valence-electron chi connectivity index (χ4n) is 17.4. The fourth-order valence-corrected chi connectivity index (χ4v) is 20.4. The average molecular weight is 1510 g/mol. The zero-order valence-electron chi connectivity index (χ0n) is 61.0. The van der Waals surface area contributed by atoms with Crippen LogP contribution in [0.25, 0.3) is 193 Å². The Bertz CT molecular complexity index is 7320. The van der Waals surface area contributed by atoms with E-state index in [0.29, 0.717) is 0 Å². The van der Waals surface area contributed by atoms with Gasteiger partial charge in [0.2, 0.25) is 0 Å². The standard InChI is InChI=1S/C48H29NS.C36H29BO2S.C18H12BrN/c1-2-13-37-35(11-1)36-12-3-4-14-38(36)44-29-31(25-28-39(37)44)34-18-10-20-43-42-19-9-17-33(47(42)50-48(34)43)30-23-26-32(27-24-30)49-45-21-7-5-15-40(45)41-16-6-8-22-46(41)49;1-35(2)36(3,4)39-37(38-35)32-18-10-17-30-29-16-9-15-23(33(29)40-34(30)32)22-19-20-28-26-13-6-5-11-24(26)25-12-7-8-14-27(25)31(28)21-22;19-13-9-11-14(12-10-13)20-17-7-3-1-5-15(17)16-6-2-4-8-18(16)20/h1-29H;5-21H,1-4H3;1-12H. The van der Waals surface area contributed by atoms with Crippen molar-refractivity contribution in [3.05, 3.63) is 356 Å². The molecule has 4 aromatic heterocycles. The molecule has 22 aromatic rings. The third kappa shape index (κ3) is 10.7. The first-order valence-electron chi connectivity index (χ1n) is 37.7. The smallest absolute Gasteiger partial charge is 0.399 e. The van der Waals surface area contributed by atoms with Gasteiger partial charge in [-0.2, -0.15) is 0 Å². The van der Waals surface area contributed by atoms with Crippen LogP contribution in [-0.2, 0) is 9.31 Å². The van der Waals surface area contributed by atoms with Crippen molar-refractivity contribution in [2.24, 2.45) is 0 Å². The number of rotatable bonds is 6. The third-order valence-electron chi connectivity index (χ3n) is 23.4. The molecule has 522 valence electrons. The molecular weight excluding hydrogens is 1440 g/mol. The van der Waals surface area contributed by atoms with Crippen LogP contribution in [0.2, 0.25) is 0 Å². The summed E-state index contributed by atoms with van der Waals surface area (Å²) in [6.07, 6.45) is 0. The number of aromatic nitrogens is 2. The Labute approximate surface area is 653 Å². The van der Waals surface area contributed by atoms with Gasteiger partial charge in [0.05, 0.1) is 33.3 Å². The van der Waals surface area contributed by atoms with Crippen LogP contribution in [0.15, 0.2) is 356 Å². The monoisotopic (exact) mass is 1510 g/mol. The second-order valence-electron chi connectivity index (χ2n) is 30.0. The first kappa shape index (κ1) is 66.2. The van der Waals surface area contributed by atoms with Gasteiger partial charge in [-0.05, 0) is 204 Å². The first-order valence-corrected chi connectivity index (χ1v) is 40.2. The number of hydrogen-bond donors (Lipinski definition) is 0. The van der Waals surface area contributed by atoms with Gasteiger partial charge in [-0.3, -0.25) is 0 Å². The third-order valence-corrected chi connectivity index (χ3v) is 26.5. The molecule has 4 nitrogen and oxygen atoms in total. The van der Waals surface area contributed by atoms with Crippen LogP contribution in [0, 0.1) is 0 Å². The van der Waals surface area contributed by atoms with E-state index in [2.05, 4.69) is 405 Å². The maximum absolute atomic E-state index is 6.48. The van der Waals surface area contributed by atoms with Gasteiger partial charge in [-0.25, -0.2) is 0 Å². The molecule has 0 unspecified atom stereocenters. The Morgan fingerprint density at radius 2 is 0.509 bits per heavy atom. The van der Waals surface area contributed by atoms with Crippen molar-refractivity contribution in [1.82, 2.24) is 9.13 Å². The van der Waals surface area contributed by atoms with Gasteiger partial charge in [-0.15, -0.1) is 22.7 Å². The predicted octanol–water partition coefficient (Wildman–Crippen LogP) is 29.0. The Morgan fingerprint density at radius 3 is 0.873 bits per heavy atom. The molecule has 0 bridgehead atoms. The van der Waals surface area contributed by atoms with E-state index in [1.165, 1.54) is 193 Å². The molecule has 0 N–H and O–H groups in total. The fraction of sp³-hybridized carbons (Fsp3) is 0.0588. The summed E-state index contributed by atoms with van der Waals surface area (Å²) in [6.45, 7) is 8.46. The normalized spacial score (nSPS) is 13.6. The zero-order chi connectivity index (χ0) is 73.5. The molecule has 1 aliphatic heterocycles. The van der Waals surface area contributed by atoms with Crippen molar-refractivity contribution in [2.45, 2.75) is 38.9 Å². The van der Waals surface area contributed by atoms with Crippen LogP contribution in [0.5, 0.6) is 0 Å². The van der Waals surface area contributed by atoms with E-state index in [9.17, 15) is 0 Å². The van der Waals surface area contributed by atoms with Crippen molar-refractivity contribution in [2.75, 3.05) is 0 Å². The number of fused-ring (bicyclic) bond motifs is 24. The van der Waals surface area contributed by atoms with Gasteiger partial charge in [0, 0.05) is 77.8 Å². The molecule has 1 saturated heterocycles. The Kier molecular flexibility index (Phi) is 15.7. The summed E-state index contributed by atoms with van der Waals surface area (Å²) in [5, 5.41) is 26.0. The van der Waals surface area contributed by atoms with E-state index in [-0.39, 0.29) is 18.3 Å². The highest BCUT2D eigenvalue weighted by molar-refractivity contribution is 9.10. The van der Waals surface area contributed by atoms with Crippen molar-refractivity contribution in [3.63, 3.8) is 0 Å². The highest BCUT2D eigenvalue weighted by Crippen LogP contribution is 2.48. The molecule has 18 aromatic carbocycles. The lowest BCUT2D eigenvalue weighted by atomic mass is 9.78. The van der Waals surface area contributed by atoms with Gasteiger partial charge in [0.25, 0.3) is 0 Å². The molecular formula is C102H70BBrN2O2S2. The zero-order valence-corrected chi connectivity index (χ0v) is 64.2. The summed E-state index contributed by atoms with van der Waals surface area (Å²) >= 11 is 7.26. The van der Waals surface area contributed by atoms with Crippen LogP contribution in [0.3, 0.4) is 0 Å². The topological polar surface area (TPSA) is 28.3 Å². The molecule has 0 amide bonds. The summed E-state index contributed by atoms with van der Waals surface area (Å²) < 4.78 is 24.0. The van der Waals surface area contributed by atoms with Crippen LogP contribution in [0.1, 0.15) is 27.7 Å². The molecule has 110 heavy (non-hydrogen) atoms. The van der Waals surface area contributed by atoms with E-state index >= 15 is 0 Å². The lowest BCUT2D eigenvalue weighted by Gasteiger charge is -2.32. The SMILES string of the molecule is Brc1ccc(-n2c3ccccc3c3ccccc32)cc1.CC1(C)OB(c2cccc3c2sc2c(-c4ccc5c6ccccc6c6ccccc6c5c4)cccc23)OC1(C)C.c1cc(-c2ccc(-n3c4ccccc4c4ccccc43)cc2)c2sc3c(-c4ccc5c6ccccc6c6ccccc6c5c4)cccc3c2c1. The van der Waals surface area contributed by atoms with Crippen molar-refractivity contribution >= 4 is 200 Å². The van der Waals surface area contributed by atoms with E-state index in [4.69, 9.17) is 9.31 Å². The molecule has 0 spiro atoms. The molecule has 0 saturated carbocycles. The maximum atomic E-state index is 6.48. The van der Waals surface area contributed by atoms with E-state index in [1.807, 2.05) is 22.7 Å². The molecule has 0 radical (unpaired) electrons. The van der Waals surface area contributed by atoms with Crippen LogP contribution in [-0.4, -0.2) is 27.5 Å². The summed E-state index contributed by atoms with van der Waals surface area (Å²) in [5.41, 5.74) is 15.2. The Hall–Kier alpha value is -12.0. The summed E-state index contributed by atoms with van der Waals surface area (Å²) in [4.78, 5) is 0. The van der Waals surface area contributed by atoms with Gasteiger partial charge >= 0.3 is 7.12 Å². The first-order chi connectivity index (χ1) is 54.0. The van der Waals surface area contributed by atoms with E-state index in [0.717, 1.165) is 9.94 Å². The molecule has 8 heteroatoms. The summed E-state index contributed by atoms with van der Waals surface area (Å²) in [5.74, 6) is 0. The number of para-hydroxylation sites is 4. The maximum Gasteiger partial charge on any atom is 0.496 e. The van der Waals surface area contributed by atoms with Crippen molar-refractivity contribution in [3.8, 4) is 44.8 Å². The number of benzene rings is 18. The highest BCUT2D eigenvalue weighted by Gasteiger charge is 2.52. The predicted molar refractivity (Wildman–Crippen MR) is 479 cm³/mol. The minimum Gasteiger partial charge on any atom is -0.399 e. The Balaban J connectivity index is 0.000000114. The highest BCUT2D eigenvalue weighted by atomic mass is 79.9. The van der Waals surface area contributed by atoms with Crippen molar-refractivity contribution in [1.29, 1.82) is 0 Å². The van der Waals surface area contributed by atoms with Gasteiger partial charge in [0.1, 0.15) is 0 Å². The lowest BCUT2D eigenvalue weighted by Crippen LogP contribution is -2.41. The summed E-state index contributed by atoms with van der Waals surface area (Å²) in [6, 6.07) is 128. The number of nitrogens with zero attached hydrogens (tertiary/aromatic N) is 2. The minimum atomic E-state index is -0.384. The van der Waals surface area contributed by atoms with Crippen LogP contribution >= 0.6 is 38.6 Å². The van der Waals surface area contributed by atoms with E-state index < -0.39 is 0 Å². The van der Waals surface area contributed by atoms with Gasteiger partial charge in [-0.1, -0.05) is 295 Å².